The topological polar surface area (TPSA) is 95.6 Å². The van der Waals surface area contributed by atoms with Crippen molar-refractivity contribution in [2.24, 2.45) is 0 Å². The first kappa shape index (κ1) is 24.2. The lowest BCUT2D eigenvalue weighted by atomic mass is 10.0. The van der Waals surface area contributed by atoms with E-state index in [0.29, 0.717) is 64.2 Å². The zero-order valence-corrected chi connectivity index (χ0v) is 22.2. The first-order valence-electron chi connectivity index (χ1n) is 11.9. The molecule has 10 heteroatoms. The van der Waals surface area contributed by atoms with Crippen molar-refractivity contribution in [3.63, 3.8) is 0 Å². The number of anilines is 1. The van der Waals surface area contributed by atoms with Crippen LogP contribution in [-0.4, -0.2) is 50.9 Å². The quantitative estimate of drug-likeness (QED) is 0.428. The Labute approximate surface area is 227 Å². The largest absolute Gasteiger partial charge is 0.492 e. The molecule has 0 saturated heterocycles. The highest BCUT2D eigenvalue weighted by molar-refractivity contribution is 9.10. The van der Waals surface area contributed by atoms with Crippen LogP contribution in [0.2, 0.25) is 0 Å². The Morgan fingerprint density at radius 1 is 0.947 bits per heavy atom. The van der Waals surface area contributed by atoms with Crippen molar-refractivity contribution in [2.75, 3.05) is 39.6 Å². The van der Waals surface area contributed by atoms with E-state index in [1.165, 1.54) is 0 Å². The van der Waals surface area contributed by atoms with Gasteiger partial charge in [0.25, 0.3) is 5.91 Å². The summed E-state index contributed by atoms with van der Waals surface area (Å²) in [4.78, 5) is 28.3. The third-order valence-corrected chi connectivity index (χ3v) is 7.56. The summed E-state index contributed by atoms with van der Waals surface area (Å²) in [6, 6.07) is 11.8. The van der Waals surface area contributed by atoms with Gasteiger partial charge in [0.05, 0.1) is 17.3 Å². The van der Waals surface area contributed by atoms with Crippen molar-refractivity contribution in [3.05, 3.63) is 74.9 Å². The number of nitrogens with zero attached hydrogens (tertiary/aromatic N) is 1. The average Bonchev–Trinajstić information content (AvgIpc) is 3.57. The molecule has 0 bridgehead atoms. The van der Waals surface area contributed by atoms with Gasteiger partial charge in [0.1, 0.15) is 0 Å². The van der Waals surface area contributed by atoms with Gasteiger partial charge in [-0.2, -0.15) is 0 Å². The van der Waals surface area contributed by atoms with Crippen molar-refractivity contribution in [2.45, 2.75) is 6.42 Å². The number of benzene rings is 3. The molecule has 194 valence electrons. The van der Waals surface area contributed by atoms with Gasteiger partial charge in [-0.15, -0.1) is 0 Å². The highest BCUT2D eigenvalue weighted by Gasteiger charge is 2.31. The highest BCUT2D eigenvalue weighted by atomic mass is 79.9. The van der Waals surface area contributed by atoms with Crippen LogP contribution in [0.1, 0.15) is 31.8 Å². The Balaban J connectivity index is 1.26. The number of allylic oxidation sites excluding steroid dienone is 1. The van der Waals surface area contributed by atoms with Gasteiger partial charge in [0.15, 0.2) is 23.0 Å². The minimum absolute atomic E-state index is 0.111. The second-order valence-electron chi connectivity index (χ2n) is 8.93. The maximum Gasteiger partial charge on any atom is 0.255 e. The lowest BCUT2D eigenvalue weighted by molar-refractivity contribution is 0.0999. The molecule has 0 radical (unpaired) electrons. The third-order valence-electron chi connectivity index (χ3n) is 6.72. The van der Waals surface area contributed by atoms with Crippen molar-refractivity contribution in [1.29, 1.82) is 0 Å². The average molecular weight is 579 g/mol. The van der Waals surface area contributed by atoms with Gasteiger partial charge in [-0.05, 0) is 76.5 Å². The first-order chi connectivity index (χ1) is 18.4. The summed E-state index contributed by atoms with van der Waals surface area (Å²) in [5.41, 5.74) is 3.79. The molecule has 0 spiro atoms. The predicted octanol–water partition coefficient (Wildman–Crippen LogP) is 4.88. The van der Waals surface area contributed by atoms with Crippen LogP contribution in [0.5, 0.6) is 28.7 Å². The molecule has 38 heavy (non-hydrogen) atoms. The molecule has 0 aromatic heterocycles. The van der Waals surface area contributed by atoms with E-state index in [4.69, 9.17) is 23.7 Å². The summed E-state index contributed by atoms with van der Waals surface area (Å²) < 4.78 is 28.4. The lowest BCUT2D eigenvalue weighted by Crippen LogP contribution is -2.24. The predicted molar refractivity (Wildman–Crippen MR) is 142 cm³/mol. The second-order valence-corrected chi connectivity index (χ2v) is 9.73. The summed E-state index contributed by atoms with van der Waals surface area (Å²) in [7, 11) is 3.46. The van der Waals surface area contributed by atoms with Gasteiger partial charge in [-0.25, -0.2) is 0 Å². The Hall–Kier alpha value is -4.18. The van der Waals surface area contributed by atoms with Gasteiger partial charge >= 0.3 is 0 Å². The lowest BCUT2D eigenvalue weighted by Gasteiger charge is -2.20. The molecular weight excluding hydrogens is 556 g/mol. The molecule has 3 aliphatic rings. The maximum atomic E-state index is 13.6. The zero-order valence-electron chi connectivity index (χ0n) is 20.6. The smallest absolute Gasteiger partial charge is 0.255 e. The standard InChI is InChI=1S/C28H23BrN2O7/c1-31-10-9-18-19(25(34-2)27-26(23(18)29)37-14-38-27)12-20(31)24(32)15-3-6-17(7-4-15)30-28(33)16-5-8-21-22(11-16)36-13-35-21/h3-8,11-12H,9-10,13-14H2,1-2H3,(H,30,33). The number of likely N-dealkylation sites (N-methyl/N-ethyl adjacent to an activating group) is 1. The molecule has 1 amide bonds. The number of carbonyl (C=O) groups is 2. The van der Waals surface area contributed by atoms with Crippen LogP contribution in [0.15, 0.2) is 52.6 Å². The molecule has 0 unspecified atom stereocenters. The molecule has 0 fully saturated rings. The highest BCUT2D eigenvalue weighted by Crippen LogP contribution is 2.51. The van der Waals surface area contributed by atoms with Crippen LogP contribution in [0.3, 0.4) is 0 Å². The number of carbonyl (C=O) groups excluding carboxylic acids is 2. The summed E-state index contributed by atoms with van der Waals surface area (Å²) in [5, 5.41) is 2.85. The maximum absolute atomic E-state index is 13.6. The summed E-state index contributed by atoms with van der Waals surface area (Å²) in [5.74, 6) is 2.39. The Morgan fingerprint density at radius 3 is 2.45 bits per heavy atom. The molecule has 0 saturated carbocycles. The van der Waals surface area contributed by atoms with Crippen LogP contribution in [0.4, 0.5) is 5.69 Å². The van der Waals surface area contributed by atoms with Gasteiger partial charge in [-0.1, -0.05) is 0 Å². The van der Waals surface area contributed by atoms with E-state index in [1.807, 2.05) is 18.0 Å². The van der Waals surface area contributed by atoms with E-state index in [0.717, 1.165) is 15.6 Å². The second kappa shape index (κ2) is 9.60. The summed E-state index contributed by atoms with van der Waals surface area (Å²) in [6.07, 6.45) is 2.52. The molecule has 6 rings (SSSR count). The van der Waals surface area contributed by atoms with Gasteiger partial charge < -0.3 is 33.9 Å². The Kier molecular flexibility index (Phi) is 6.11. The third kappa shape index (κ3) is 4.10. The fourth-order valence-corrected chi connectivity index (χ4v) is 5.41. The molecule has 3 aromatic rings. The van der Waals surface area contributed by atoms with Crippen molar-refractivity contribution in [3.8, 4) is 28.7 Å². The van der Waals surface area contributed by atoms with Crippen LogP contribution in [-0.2, 0) is 6.42 Å². The molecule has 3 heterocycles. The minimum atomic E-state index is -0.290. The van der Waals surface area contributed by atoms with Crippen molar-refractivity contribution >= 4 is 39.4 Å². The normalized spacial score (nSPS) is 14.9. The van der Waals surface area contributed by atoms with Crippen LogP contribution < -0.4 is 29.0 Å². The van der Waals surface area contributed by atoms with Gasteiger partial charge in [0.2, 0.25) is 25.1 Å². The van der Waals surface area contributed by atoms with E-state index in [-0.39, 0.29) is 25.3 Å². The van der Waals surface area contributed by atoms with Crippen molar-refractivity contribution < 1.29 is 33.3 Å². The molecule has 3 aliphatic heterocycles. The molecule has 9 nitrogen and oxygen atoms in total. The van der Waals surface area contributed by atoms with E-state index in [1.54, 1.807) is 49.6 Å². The van der Waals surface area contributed by atoms with Crippen LogP contribution in [0, 0.1) is 0 Å². The monoisotopic (exact) mass is 578 g/mol. The zero-order chi connectivity index (χ0) is 26.4. The number of rotatable bonds is 5. The molecule has 1 N–H and O–H groups in total. The van der Waals surface area contributed by atoms with E-state index in [9.17, 15) is 9.59 Å². The molecule has 0 atom stereocenters. The fourth-order valence-electron chi connectivity index (χ4n) is 4.70. The Morgan fingerprint density at radius 2 is 1.66 bits per heavy atom. The minimum Gasteiger partial charge on any atom is -0.492 e. The number of methoxy groups -OCH3 is 1. The fraction of sp³-hybridized carbons (Fsp3) is 0.214. The number of halogens is 1. The molecule has 3 aromatic carbocycles. The van der Waals surface area contributed by atoms with Crippen LogP contribution in [0.25, 0.3) is 6.08 Å². The molecule has 0 aliphatic carbocycles. The number of amides is 1. The van der Waals surface area contributed by atoms with Crippen LogP contribution >= 0.6 is 15.9 Å². The number of fused-ring (bicyclic) bond motifs is 3. The Bertz CT molecular complexity index is 1500. The number of hydrogen-bond acceptors (Lipinski definition) is 8. The SMILES string of the molecule is COc1c2c(c(Br)c3c1OCO3)CCN(C)C(C(=O)c1ccc(NC(=O)c3ccc4c(c3)OCO4)cc1)=C2. The number of hydrogen-bond donors (Lipinski definition) is 1. The van der Waals surface area contributed by atoms with Gasteiger partial charge in [0, 0.05) is 36.0 Å². The summed E-state index contributed by atoms with van der Waals surface area (Å²) in [6.45, 7) is 0.872. The summed E-state index contributed by atoms with van der Waals surface area (Å²) >= 11 is 3.66. The van der Waals surface area contributed by atoms with E-state index < -0.39 is 0 Å². The molecular formula is C28H23BrN2O7. The van der Waals surface area contributed by atoms with E-state index in [2.05, 4.69) is 21.2 Å². The van der Waals surface area contributed by atoms with Gasteiger partial charge in [-0.3, -0.25) is 9.59 Å². The number of ketones is 1. The van der Waals surface area contributed by atoms with E-state index >= 15 is 0 Å². The number of nitrogens with one attached hydrogen (secondary N) is 1. The number of Topliss-reactive ketones (excluding diaryl/α,β-unsaturated/α-hetero) is 1. The number of ether oxygens (including phenoxy) is 5. The first-order valence-corrected chi connectivity index (χ1v) is 12.7. The van der Waals surface area contributed by atoms with Crippen molar-refractivity contribution in [1.82, 2.24) is 4.90 Å².